The van der Waals surface area contributed by atoms with Gasteiger partial charge in [-0.1, -0.05) is 77.5 Å². The maximum Gasteiger partial charge on any atom is 0.338 e. The molecule has 7 nitrogen and oxygen atoms in total. The van der Waals surface area contributed by atoms with Gasteiger partial charge >= 0.3 is 5.97 Å². The van der Waals surface area contributed by atoms with Crippen LogP contribution < -0.4 is 19.6 Å². The Morgan fingerprint density at radius 1 is 1.09 bits per heavy atom. The van der Waals surface area contributed by atoms with E-state index in [-0.39, 0.29) is 18.8 Å². The number of thiophene rings is 1. The third kappa shape index (κ3) is 5.75. The van der Waals surface area contributed by atoms with E-state index in [1.165, 1.54) is 22.7 Å². The highest BCUT2D eigenvalue weighted by molar-refractivity contribution is 7.10. The monoisotopic (exact) mass is 637 g/mol. The van der Waals surface area contributed by atoms with Crippen LogP contribution in [0.25, 0.3) is 11.8 Å². The Morgan fingerprint density at radius 3 is 2.64 bits per heavy atom. The van der Waals surface area contributed by atoms with Crippen LogP contribution in [-0.2, 0) is 16.1 Å². The van der Waals surface area contributed by atoms with Crippen LogP contribution in [0.1, 0.15) is 40.1 Å². The fourth-order valence-corrected chi connectivity index (χ4v) is 6.97. The zero-order chi connectivity index (χ0) is 30.6. The average Bonchev–Trinajstić information content (AvgIpc) is 3.69. The number of carbonyl (C=O) groups is 1. The Hall–Kier alpha value is -4.75. The standard InChI is InChI=1S/C34H24ClN3O4S2/c1-2-41-33(40)29-30(21-9-4-3-5-10-21)37-34-38(31(29)27-13-8-16-43-27)32(39)28(44-34)18-24-17-25(35)14-15-26(24)42-20-23-12-7-6-11-22(23)19-36/h3-18,31H,2,20H2,1H3/b28-18-/t31-/m0/s1. The number of hydrogen-bond acceptors (Lipinski definition) is 8. The van der Waals surface area contributed by atoms with Gasteiger partial charge in [0.25, 0.3) is 5.56 Å². The molecule has 0 bridgehead atoms. The van der Waals surface area contributed by atoms with Gasteiger partial charge in [0.2, 0.25) is 0 Å². The maximum atomic E-state index is 14.2. The van der Waals surface area contributed by atoms with Crippen LogP contribution in [0.3, 0.4) is 0 Å². The lowest BCUT2D eigenvalue weighted by Gasteiger charge is -2.24. The van der Waals surface area contributed by atoms with Crippen molar-refractivity contribution in [2.24, 2.45) is 4.99 Å². The number of benzene rings is 3. The van der Waals surface area contributed by atoms with Crippen molar-refractivity contribution in [2.45, 2.75) is 19.6 Å². The summed E-state index contributed by atoms with van der Waals surface area (Å²) < 4.78 is 13.6. The molecule has 0 N–H and O–H groups in total. The smallest absolute Gasteiger partial charge is 0.338 e. The molecule has 3 aromatic carbocycles. The summed E-state index contributed by atoms with van der Waals surface area (Å²) in [5.74, 6) is -0.0223. The summed E-state index contributed by atoms with van der Waals surface area (Å²) in [6.45, 7) is 2.09. The third-order valence-electron chi connectivity index (χ3n) is 6.97. The SMILES string of the molecule is CCOC(=O)C1=C(c2ccccc2)N=c2s/c(=C\c3cc(Cl)ccc3OCc3ccccc3C#N)c(=O)n2[C@H]1c1cccs1. The number of esters is 1. The van der Waals surface area contributed by atoms with Gasteiger partial charge in [0.1, 0.15) is 18.4 Å². The van der Waals surface area contributed by atoms with Crippen molar-refractivity contribution < 1.29 is 14.3 Å². The van der Waals surface area contributed by atoms with E-state index in [1.807, 2.05) is 60.0 Å². The Kier molecular flexibility index (Phi) is 8.57. The van der Waals surface area contributed by atoms with Gasteiger partial charge < -0.3 is 9.47 Å². The van der Waals surface area contributed by atoms with Crippen molar-refractivity contribution in [2.75, 3.05) is 6.61 Å². The highest BCUT2D eigenvalue weighted by atomic mass is 35.5. The van der Waals surface area contributed by atoms with Crippen molar-refractivity contribution in [3.63, 3.8) is 0 Å². The quantitative estimate of drug-likeness (QED) is 0.192. The first-order valence-corrected chi connectivity index (χ1v) is 15.8. The molecule has 1 atom stereocenters. The molecule has 10 heteroatoms. The summed E-state index contributed by atoms with van der Waals surface area (Å²) in [5.41, 5.74) is 3.08. The third-order valence-corrected chi connectivity index (χ3v) is 9.11. The predicted molar refractivity (Wildman–Crippen MR) is 172 cm³/mol. The molecule has 0 unspecified atom stereocenters. The predicted octanol–water partition coefficient (Wildman–Crippen LogP) is 6.10. The number of nitriles is 1. The van der Waals surface area contributed by atoms with Crippen LogP contribution in [-0.4, -0.2) is 17.1 Å². The molecule has 3 heterocycles. The topological polar surface area (TPSA) is 93.7 Å². The number of halogens is 1. The molecule has 2 aromatic heterocycles. The normalized spacial score (nSPS) is 14.5. The lowest BCUT2D eigenvalue weighted by atomic mass is 9.97. The summed E-state index contributed by atoms with van der Waals surface area (Å²) in [6, 6.07) is 27.1. The lowest BCUT2D eigenvalue weighted by Crippen LogP contribution is -2.39. The molecular formula is C34H24ClN3O4S2. The summed E-state index contributed by atoms with van der Waals surface area (Å²) >= 11 is 9.05. The molecule has 1 aliphatic heterocycles. The summed E-state index contributed by atoms with van der Waals surface area (Å²) in [6.07, 6.45) is 1.73. The number of nitrogens with zero attached hydrogens (tertiary/aromatic N) is 3. The summed E-state index contributed by atoms with van der Waals surface area (Å²) in [4.78, 5) is 33.8. The number of hydrogen-bond donors (Lipinski definition) is 0. The van der Waals surface area contributed by atoms with Crippen LogP contribution in [0.5, 0.6) is 5.75 Å². The van der Waals surface area contributed by atoms with Crippen molar-refractivity contribution in [1.82, 2.24) is 4.57 Å². The Labute approximate surface area is 265 Å². The second-order valence-corrected chi connectivity index (χ2v) is 12.1. The molecule has 0 amide bonds. The van der Waals surface area contributed by atoms with E-state index in [2.05, 4.69) is 6.07 Å². The van der Waals surface area contributed by atoms with Crippen molar-refractivity contribution in [3.8, 4) is 11.8 Å². The highest BCUT2D eigenvalue weighted by Crippen LogP contribution is 2.37. The lowest BCUT2D eigenvalue weighted by molar-refractivity contribution is -0.138. The van der Waals surface area contributed by atoms with Gasteiger partial charge in [-0.15, -0.1) is 11.3 Å². The fraction of sp³-hybridized carbons (Fsp3) is 0.118. The van der Waals surface area contributed by atoms with Crippen LogP contribution in [0.2, 0.25) is 5.02 Å². The second kappa shape index (κ2) is 12.9. The highest BCUT2D eigenvalue weighted by Gasteiger charge is 2.35. The fourth-order valence-electron chi connectivity index (χ4n) is 4.97. The summed E-state index contributed by atoms with van der Waals surface area (Å²) in [5, 5.41) is 11.9. The van der Waals surface area contributed by atoms with Crippen molar-refractivity contribution >= 4 is 52.0 Å². The molecule has 44 heavy (non-hydrogen) atoms. The number of thiazole rings is 1. The molecule has 0 fully saturated rings. The first kappa shape index (κ1) is 29.3. The van der Waals surface area contributed by atoms with Crippen molar-refractivity contribution in [3.05, 3.63) is 148 Å². The first-order valence-electron chi connectivity index (χ1n) is 13.7. The number of carbonyl (C=O) groups excluding carboxylic acids is 1. The van der Waals surface area contributed by atoms with Crippen LogP contribution in [0, 0.1) is 11.3 Å². The maximum absolute atomic E-state index is 14.2. The minimum absolute atomic E-state index is 0.162. The Balaban J connectivity index is 1.51. The minimum atomic E-state index is -0.722. The van der Waals surface area contributed by atoms with E-state index < -0.39 is 12.0 Å². The second-order valence-electron chi connectivity index (χ2n) is 9.69. The van der Waals surface area contributed by atoms with Gasteiger partial charge in [-0.05, 0) is 48.7 Å². The number of rotatable bonds is 8. The minimum Gasteiger partial charge on any atom is -0.488 e. The van der Waals surface area contributed by atoms with E-state index in [9.17, 15) is 14.9 Å². The molecular weight excluding hydrogens is 614 g/mol. The average molecular weight is 638 g/mol. The molecule has 0 radical (unpaired) electrons. The molecule has 6 rings (SSSR count). The van der Waals surface area contributed by atoms with E-state index >= 15 is 0 Å². The van der Waals surface area contributed by atoms with E-state index in [0.29, 0.717) is 42.5 Å². The largest absolute Gasteiger partial charge is 0.488 e. The number of aromatic nitrogens is 1. The van der Waals surface area contributed by atoms with Gasteiger partial charge in [0.15, 0.2) is 4.80 Å². The first-order chi connectivity index (χ1) is 21.5. The summed E-state index contributed by atoms with van der Waals surface area (Å²) in [7, 11) is 0. The van der Waals surface area contributed by atoms with Gasteiger partial charge in [-0.2, -0.15) is 5.26 Å². The Morgan fingerprint density at radius 2 is 1.89 bits per heavy atom. The Bertz CT molecular complexity index is 2110. The molecule has 0 aliphatic carbocycles. The van der Waals surface area contributed by atoms with Gasteiger partial charge in [0.05, 0.1) is 34.0 Å². The van der Waals surface area contributed by atoms with Crippen LogP contribution in [0.4, 0.5) is 0 Å². The van der Waals surface area contributed by atoms with Crippen LogP contribution in [0.15, 0.2) is 106 Å². The molecule has 218 valence electrons. The van der Waals surface area contributed by atoms with Gasteiger partial charge in [-0.3, -0.25) is 9.36 Å². The molecule has 0 spiro atoms. The van der Waals surface area contributed by atoms with Crippen molar-refractivity contribution in [1.29, 1.82) is 5.26 Å². The van der Waals surface area contributed by atoms with E-state index in [0.717, 1.165) is 16.0 Å². The number of ether oxygens (including phenoxy) is 2. The zero-order valence-corrected chi connectivity index (χ0v) is 25.8. The van der Waals surface area contributed by atoms with E-state index in [1.54, 1.807) is 47.9 Å². The molecule has 0 saturated carbocycles. The van der Waals surface area contributed by atoms with Crippen LogP contribution >= 0.6 is 34.3 Å². The molecule has 5 aromatic rings. The zero-order valence-electron chi connectivity index (χ0n) is 23.4. The molecule has 1 aliphatic rings. The molecule has 0 saturated heterocycles. The number of fused-ring (bicyclic) bond motifs is 1. The van der Waals surface area contributed by atoms with Gasteiger partial charge in [0, 0.05) is 26.6 Å². The van der Waals surface area contributed by atoms with E-state index in [4.69, 9.17) is 26.1 Å². The van der Waals surface area contributed by atoms with Gasteiger partial charge in [-0.25, -0.2) is 9.79 Å².